The first-order valence-electron chi connectivity index (χ1n) is 16.0. The van der Waals surface area contributed by atoms with Crippen molar-refractivity contribution in [1.82, 2.24) is 20.0 Å². The number of benzene rings is 1. The molecule has 0 aliphatic carbocycles. The lowest BCUT2D eigenvalue weighted by atomic mass is 9.95. The van der Waals surface area contributed by atoms with E-state index in [0.29, 0.717) is 31.7 Å². The molecule has 3 rings (SSSR count). The van der Waals surface area contributed by atoms with Crippen LogP contribution >= 0.6 is 0 Å². The number of hydrogen-bond acceptors (Lipinski definition) is 5. The molecule has 11 nitrogen and oxygen atoms in total. The van der Waals surface area contributed by atoms with Gasteiger partial charge >= 0.3 is 6.03 Å². The Morgan fingerprint density at radius 1 is 0.791 bits per heavy atom. The van der Waals surface area contributed by atoms with E-state index >= 15 is 0 Å². The van der Waals surface area contributed by atoms with Crippen LogP contribution < -0.4 is 16.8 Å². The number of rotatable bonds is 18. The van der Waals surface area contributed by atoms with Crippen LogP contribution in [0.3, 0.4) is 0 Å². The first kappa shape index (κ1) is 33.9. The fourth-order valence-electron chi connectivity index (χ4n) is 5.95. The van der Waals surface area contributed by atoms with Crippen molar-refractivity contribution >= 4 is 29.7 Å². The Morgan fingerprint density at radius 2 is 1.35 bits per heavy atom. The second-order valence-electron chi connectivity index (χ2n) is 11.9. The maximum absolute atomic E-state index is 13.5. The van der Waals surface area contributed by atoms with Crippen LogP contribution in [0.1, 0.15) is 94.0 Å². The van der Waals surface area contributed by atoms with Gasteiger partial charge < -0.3 is 31.5 Å². The Morgan fingerprint density at radius 3 is 1.93 bits per heavy atom. The molecule has 1 aromatic carbocycles. The minimum atomic E-state index is -0.803. The van der Waals surface area contributed by atoms with Gasteiger partial charge in [0.15, 0.2) is 0 Å². The van der Waals surface area contributed by atoms with Crippen molar-refractivity contribution in [3.8, 4) is 0 Å². The van der Waals surface area contributed by atoms with Gasteiger partial charge in [0.05, 0.1) is 18.4 Å². The smallest absolute Gasteiger partial charge is 0.321 e. The molecule has 0 unspecified atom stereocenters. The average Bonchev–Trinajstić information content (AvgIpc) is 3.57. The molecular weight excluding hydrogens is 548 g/mol. The predicted molar refractivity (Wildman–Crippen MR) is 165 cm³/mol. The number of carbonyl (C=O) groups is 5. The largest absolute Gasteiger partial charge is 0.369 e. The first-order valence-corrected chi connectivity index (χ1v) is 16.0. The van der Waals surface area contributed by atoms with Crippen molar-refractivity contribution in [2.24, 2.45) is 23.3 Å². The second-order valence-corrected chi connectivity index (χ2v) is 11.9. The van der Waals surface area contributed by atoms with Gasteiger partial charge in [0.25, 0.3) is 5.91 Å². The van der Waals surface area contributed by atoms with E-state index < -0.39 is 29.7 Å². The summed E-state index contributed by atoms with van der Waals surface area (Å²) >= 11 is 0. The van der Waals surface area contributed by atoms with Gasteiger partial charge in [-0.2, -0.15) is 0 Å². The molecule has 0 saturated carbocycles. The summed E-state index contributed by atoms with van der Waals surface area (Å²) in [5, 5.41) is 3.04. The topological polar surface area (TPSA) is 159 Å². The molecule has 43 heavy (non-hydrogen) atoms. The van der Waals surface area contributed by atoms with E-state index in [1.807, 2.05) is 0 Å². The fraction of sp³-hybridized carbons (Fsp3) is 0.656. The molecule has 11 heteroatoms. The summed E-state index contributed by atoms with van der Waals surface area (Å²) < 4.78 is 0. The first-order chi connectivity index (χ1) is 20.7. The van der Waals surface area contributed by atoms with E-state index in [4.69, 9.17) is 11.5 Å². The molecule has 1 aromatic rings. The Balaban J connectivity index is 1.62. The monoisotopic (exact) mass is 598 g/mol. The van der Waals surface area contributed by atoms with Crippen molar-refractivity contribution in [3.05, 3.63) is 35.4 Å². The van der Waals surface area contributed by atoms with E-state index in [0.717, 1.165) is 50.5 Å². The lowest BCUT2D eigenvalue weighted by molar-refractivity contribution is -0.129. The molecule has 0 spiro atoms. The number of nitrogens with one attached hydrogen (secondary N) is 1. The molecule has 2 heterocycles. The van der Waals surface area contributed by atoms with Gasteiger partial charge in [0.2, 0.25) is 17.7 Å². The zero-order valence-electron chi connectivity index (χ0n) is 25.9. The van der Waals surface area contributed by atoms with Crippen molar-refractivity contribution in [3.63, 3.8) is 0 Å². The zero-order valence-corrected chi connectivity index (χ0v) is 25.9. The SMILES string of the molecule is CCCCCCCCN1C(=O)N(Cc2ccc(C(=O)N3C[C@@H](C(N)=O)[C@H](C(N)=O)C3)cc2)C[C@@H]1C(=O)NCCCCCC. The van der Waals surface area contributed by atoms with E-state index in [9.17, 15) is 24.0 Å². The van der Waals surface area contributed by atoms with Crippen molar-refractivity contribution in [2.45, 2.75) is 90.6 Å². The van der Waals surface area contributed by atoms with Crippen LogP contribution in [-0.4, -0.2) is 83.1 Å². The van der Waals surface area contributed by atoms with Crippen LogP contribution in [0.25, 0.3) is 0 Å². The quantitative estimate of drug-likeness (QED) is 0.221. The standard InChI is InChI=1S/C32H50N6O5/c1-3-5-7-9-10-12-18-38-27(30(41)35-17-11-8-6-4-2)22-37(32(38)43)19-23-13-15-24(16-14-23)31(42)36-20-25(28(33)39)26(21-36)29(34)40/h13-16,25-27H,3-12,17-22H2,1-2H3,(H2,33,39)(H2,34,40)(H,35,41)/t25-,26-,27-/m1/s1. The Labute approximate surface area is 255 Å². The molecule has 3 atom stereocenters. The summed E-state index contributed by atoms with van der Waals surface area (Å²) in [5.41, 5.74) is 12.1. The van der Waals surface area contributed by atoms with Crippen LogP contribution in [0.15, 0.2) is 24.3 Å². The Kier molecular flexibility index (Phi) is 13.3. The third-order valence-electron chi connectivity index (χ3n) is 8.58. The summed E-state index contributed by atoms with van der Waals surface area (Å²) in [5.74, 6) is -3.34. The Hall–Kier alpha value is -3.63. The van der Waals surface area contributed by atoms with E-state index in [2.05, 4.69) is 19.2 Å². The van der Waals surface area contributed by atoms with Crippen LogP contribution in [0.4, 0.5) is 4.79 Å². The van der Waals surface area contributed by atoms with Crippen molar-refractivity contribution in [2.75, 3.05) is 32.7 Å². The van der Waals surface area contributed by atoms with E-state index in [1.165, 1.54) is 24.2 Å². The van der Waals surface area contributed by atoms with Crippen LogP contribution in [0, 0.1) is 11.8 Å². The number of unbranched alkanes of at least 4 members (excludes halogenated alkanes) is 8. The maximum Gasteiger partial charge on any atom is 0.321 e. The normalized spacial score (nSPS) is 20.1. The van der Waals surface area contributed by atoms with Gasteiger partial charge in [-0.15, -0.1) is 0 Å². The second kappa shape index (κ2) is 16.9. The Bertz CT molecular complexity index is 1090. The number of carbonyl (C=O) groups excluding carboxylic acids is 5. The van der Waals surface area contributed by atoms with E-state index in [-0.39, 0.29) is 30.9 Å². The predicted octanol–water partition coefficient (Wildman–Crippen LogP) is 3.01. The number of hydrogen-bond donors (Lipinski definition) is 3. The van der Waals surface area contributed by atoms with Gasteiger partial charge in [-0.05, 0) is 30.5 Å². The number of urea groups is 1. The van der Waals surface area contributed by atoms with Crippen molar-refractivity contribution in [1.29, 1.82) is 0 Å². The highest BCUT2D eigenvalue weighted by Crippen LogP contribution is 2.25. The minimum absolute atomic E-state index is 0.0439. The third-order valence-corrected chi connectivity index (χ3v) is 8.58. The number of nitrogens with zero attached hydrogens (tertiary/aromatic N) is 3. The zero-order chi connectivity index (χ0) is 31.4. The number of primary amides is 2. The van der Waals surface area contributed by atoms with E-state index in [1.54, 1.807) is 34.1 Å². The van der Waals surface area contributed by atoms with Crippen LogP contribution in [0.2, 0.25) is 0 Å². The summed E-state index contributed by atoms with van der Waals surface area (Å²) in [6, 6.07) is 6.24. The molecule has 2 aliphatic rings. The van der Waals surface area contributed by atoms with Crippen LogP contribution in [-0.2, 0) is 20.9 Å². The highest BCUT2D eigenvalue weighted by Gasteiger charge is 2.42. The fourth-order valence-corrected chi connectivity index (χ4v) is 5.95. The lowest BCUT2D eigenvalue weighted by Gasteiger charge is -2.22. The van der Waals surface area contributed by atoms with Gasteiger partial charge in [0.1, 0.15) is 6.04 Å². The highest BCUT2D eigenvalue weighted by atomic mass is 16.2. The summed E-state index contributed by atoms with van der Waals surface area (Å²) in [6.45, 7) is 6.22. The number of amides is 6. The van der Waals surface area contributed by atoms with Crippen molar-refractivity contribution < 1.29 is 24.0 Å². The van der Waals surface area contributed by atoms with Gasteiger partial charge in [-0.25, -0.2) is 4.79 Å². The minimum Gasteiger partial charge on any atom is -0.369 e. The molecule has 6 amide bonds. The molecule has 0 bridgehead atoms. The molecule has 0 aromatic heterocycles. The number of likely N-dealkylation sites (tertiary alicyclic amines) is 1. The van der Waals surface area contributed by atoms with Crippen LogP contribution in [0.5, 0.6) is 0 Å². The van der Waals surface area contributed by atoms with Gasteiger partial charge in [-0.3, -0.25) is 19.2 Å². The summed E-state index contributed by atoms with van der Waals surface area (Å²) in [4.78, 5) is 68.1. The highest BCUT2D eigenvalue weighted by molar-refractivity contribution is 5.96. The average molecular weight is 599 g/mol. The summed E-state index contributed by atoms with van der Waals surface area (Å²) in [6.07, 6.45) is 10.9. The van der Waals surface area contributed by atoms with Gasteiger partial charge in [0, 0.05) is 38.3 Å². The number of nitrogens with two attached hydrogens (primary N) is 2. The molecule has 2 saturated heterocycles. The molecule has 5 N–H and O–H groups in total. The van der Waals surface area contributed by atoms with Gasteiger partial charge in [-0.1, -0.05) is 77.3 Å². The molecule has 238 valence electrons. The summed E-state index contributed by atoms with van der Waals surface area (Å²) in [7, 11) is 0. The molecular formula is C32H50N6O5. The molecule has 2 fully saturated rings. The molecule has 0 radical (unpaired) electrons. The maximum atomic E-state index is 13.5. The lowest BCUT2D eigenvalue weighted by Crippen LogP contribution is -2.46. The molecule has 2 aliphatic heterocycles. The third kappa shape index (κ3) is 9.43.